The van der Waals surface area contributed by atoms with Gasteiger partial charge in [-0.1, -0.05) is 6.07 Å². The van der Waals surface area contributed by atoms with Gasteiger partial charge in [-0.2, -0.15) is 0 Å². The molecule has 1 aliphatic heterocycles. The van der Waals surface area contributed by atoms with Gasteiger partial charge in [0.15, 0.2) is 5.82 Å². The number of ether oxygens (including phenoxy) is 1. The minimum Gasteiger partial charge on any atom is -0.376 e. The molecule has 25 heavy (non-hydrogen) atoms. The van der Waals surface area contributed by atoms with E-state index in [1.165, 1.54) is 25.7 Å². The predicted octanol–water partition coefficient (Wildman–Crippen LogP) is 3.15. The van der Waals surface area contributed by atoms with Gasteiger partial charge in [-0.25, -0.2) is 0 Å². The SMILES string of the molecule is CCN(CC1CC1)c1nnc(-c2ccccn2)n1CC1CCCCO1. The summed E-state index contributed by atoms with van der Waals surface area (Å²) in [7, 11) is 0. The molecule has 4 rings (SSSR count). The monoisotopic (exact) mass is 341 g/mol. The van der Waals surface area contributed by atoms with E-state index in [9.17, 15) is 0 Å². The zero-order valence-electron chi connectivity index (χ0n) is 15.0. The van der Waals surface area contributed by atoms with Crippen LogP contribution in [-0.2, 0) is 11.3 Å². The highest BCUT2D eigenvalue weighted by Gasteiger charge is 2.28. The lowest BCUT2D eigenvalue weighted by atomic mass is 10.1. The number of pyridine rings is 1. The van der Waals surface area contributed by atoms with Gasteiger partial charge in [0.05, 0.1) is 12.6 Å². The maximum Gasteiger partial charge on any atom is 0.227 e. The number of anilines is 1. The maximum atomic E-state index is 5.99. The Morgan fingerprint density at radius 1 is 1.20 bits per heavy atom. The van der Waals surface area contributed by atoms with E-state index in [4.69, 9.17) is 4.74 Å². The number of hydrogen-bond donors (Lipinski definition) is 0. The molecule has 2 aromatic rings. The first kappa shape index (κ1) is 16.5. The van der Waals surface area contributed by atoms with E-state index in [1.807, 2.05) is 24.4 Å². The summed E-state index contributed by atoms with van der Waals surface area (Å²) in [5.41, 5.74) is 0.875. The molecule has 1 saturated heterocycles. The van der Waals surface area contributed by atoms with E-state index in [0.29, 0.717) is 0 Å². The predicted molar refractivity (Wildman–Crippen MR) is 97.5 cm³/mol. The molecule has 0 spiro atoms. The zero-order chi connectivity index (χ0) is 17.1. The fraction of sp³-hybridized carbons (Fsp3) is 0.632. The smallest absolute Gasteiger partial charge is 0.227 e. The Hall–Kier alpha value is -1.95. The van der Waals surface area contributed by atoms with Crippen molar-refractivity contribution in [3.8, 4) is 11.5 Å². The van der Waals surface area contributed by atoms with Gasteiger partial charge in [0, 0.05) is 25.9 Å². The van der Waals surface area contributed by atoms with Crippen LogP contribution in [0.4, 0.5) is 5.95 Å². The van der Waals surface area contributed by atoms with Gasteiger partial charge in [-0.05, 0) is 57.1 Å². The summed E-state index contributed by atoms with van der Waals surface area (Å²) in [4.78, 5) is 6.85. The Kier molecular flexibility index (Phi) is 4.97. The van der Waals surface area contributed by atoms with Crippen LogP contribution in [0.25, 0.3) is 11.5 Å². The third-order valence-corrected chi connectivity index (χ3v) is 5.13. The fourth-order valence-corrected chi connectivity index (χ4v) is 3.50. The highest BCUT2D eigenvalue weighted by Crippen LogP contribution is 2.32. The lowest BCUT2D eigenvalue weighted by Crippen LogP contribution is -2.31. The number of rotatable bonds is 7. The van der Waals surface area contributed by atoms with E-state index in [0.717, 1.165) is 56.0 Å². The van der Waals surface area contributed by atoms with Crippen LogP contribution in [0.3, 0.4) is 0 Å². The number of aromatic nitrogens is 4. The Bertz CT molecular complexity index is 676. The largest absolute Gasteiger partial charge is 0.376 e. The molecule has 0 radical (unpaired) electrons. The van der Waals surface area contributed by atoms with Gasteiger partial charge in [0.1, 0.15) is 5.69 Å². The first-order chi connectivity index (χ1) is 12.3. The average molecular weight is 341 g/mol. The highest BCUT2D eigenvalue weighted by atomic mass is 16.5. The van der Waals surface area contributed by atoms with Gasteiger partial charge in [-0.3, -0.25) is 9.55 Å². The Morgan fingerprint density at radius 2 is 2.12 bits per heavy atom. The van der Waals surface area contributed by atoms with Crippen LogP contribution < -0.4 is 4.90 Å². The quantitative estimate of drug-likeness (QED) is 0.774. The minimum absolute atomic E-state index is 0.241. The minimum atomic E-state index is 0.241. The fourth-order valence-electron chi connectivity index (χ4n) is 3.50. The normalized spacial score (nSPS) is 20.6. The molecule has 3 heterocycles. The van der Waals surface area contributed by atoms with Crippen molar-refractivity contribution in [1.29, 1.82) is 0 Å². The van der Waals surface area contributed by atoms with Gasteiger partial charge >= 0.3 is 0 Å². The molecule has 2 aromatic heterocycles. The van der Waals surface area contributed by atoms with E-state index >= 15 is 0 Å². The van der Waals surface area contributed by atoms with Crippen molar-refractivity contribution in [2.24, 2.45) is 5.92 Å². The Labute approximate surface area is 149 Å². The van der Waals surface area contributed by atoms with Crippen molar-refractivity contribution in [1.82, 2.24) is 19.7 Å². The number of nitrogens with zero attached hydrogens (tertiary/aromatic N) is 5. The molecule has 1 aliphatic carbocycles. The molecule has 2 fully saturated rings. The van der Waals surface area contributed by atoms with Crippen LogP contribution >= 0.6 is 0 Å². The van der Waals surface area contributed by atoms with Crippen LogP contribution in [-0.4, -0.2) is 45.5 Å². The lowest BCUT2D eigenvalue weighted by molar-refractivity contribution is 0.00637. The van der Waals surface area contributed by atoms with E-state index < -0.39 is 0 Å². The second kappa shape index (κ2) is 7.52. The van der Waals surface area contributed by atoms with Gasteiger partial charge in [-0.15, -0.1) is 10.2 Å². The molecule has 6 heteroatoms. The topological polar surface area (TPSA) is 56.1 Å². The van der Waals surface area contributed by atoms with Gasteiger partial charge in [0.2, 0.25) is 5.95 Å². The molecule has 0 amide bonds. The molecule has 2 aliphatic rings. The Balaban J connectivity index is 1.66. The molecular weight excluding hydrogens is 314 g/mol. The standard InChI is InChI=1S/C19H27N5O/c1-2-23(13-15-9-10-15)19-22-21-18(17-8-3-5-11-20-17)24(19)14-16-7-4-6-12-25-16/h3,5,8,11,15-16H,2,4,6-7,9-10,12-14H2,1H3. The van der Waals surface area contributed by atoms with Gasteiger partial charge in [0.25, 0.3) is 0 Å². The molecule has 1 atom stereocenters. The molecule has 0 bridgehead atoms. The summed E-state index contributed by atoms with van der Waals surface area (Å²) in [6.07, 6.45) is 8.24. The van der Waals surface area contributed by atoms with Crippen molar-refractivity contribution in [3.63, 3.8) is 0 Å². The Morgan fingerprint density at radius 3 is 2.80 bits per heavy atom. The van der Waals surface area contributed by atoms with Crippen LogP contribution in [0.2, 0.25) is 0 Å². The summed E-state index contributed by atoms with van der Waals surface area (Å²) >= 11 is 0. The van der Waals surface area contributed by atoms with Crippen molar-refractivity contribution >= 4 is 5.95 Å². The zero-order valence-corrected chi connectivity index (χ0v) is 15.0. The van der Waals surface area contributed by atoms with Crippen LogP contribution in [0.5, 0.6) is 0 Å². The second-order valence-electron chi connectivity index (χ2n) is 7.12. The summed E-state index contributed by atoms with van der Waals surface area (Å²) in [6.45, 7) is 5.87. The van der Waals surface area contributed by atoms with Crippen molar-refractivity contribution in [3.05, 3.63) is 24.4 Å². The van der Waals surface area contributed by atoms with Crippen LogP contribution in [0.15, 0.2) is 24.4 Å². The highest BCUT2D eigenvalue weighted by molar-refractivity contribution is 5.52. The summed E-state index contributed by atoms with van der Waals surface area (Å²) in [6, 6.07) is 5.93. The molecular formula is C19H27N5O. The third kappa shape index (κ3) is 3.84. The molecule has 1 saturated carbocycles. The van der Waals surface area contributed by atoms with Gasteiger partial charge < -0.3 is 9.64 Å². The number of hydrogen-bond acceptors (Lipinski definition) is 5. The van der Waals surface area contributed by atoms with E-state index in [-0.39, 0.29) is 6.10 Å². The van der Waals surface area contributed by atoms with Crippen LogP contribution in [0, 0.1) is 5.92 Å². The summed E-state index contributed by atoms with van der Waals surface area (Å²) in [5, 5.41) is 9.06. The summed E-state index contributed by atoms with van der Waals surface area (Å²) < 4.78 is 8.22. The second-order valence-corrected chi connectivity index (χ2v) is 7.12. The lowest BCUT2D eigenvalue weighted by Gasteiger charge is -2.27. The van der Waals surface area contributed by atoms with E-state index in [1.54, 1.807) is 0 Å². The van der Waals surface area contributed by atoms with Crippen molar-refractivity contribution in [2.45, 2.75) is 51.7 Å². The maximum absolute atomic E-state index is 5.99. The van der Waals surface area contributed by atoms with E-state index in [2.05, 4.69) is 31.6 Å². The van der Waals surface area contributed by atoms with Crippen molar-refractivity contribution in [2.75, 3.05) is 24.6 Å². The third-order valence-electron chi connectivity index (χ3n) is 5.13. The van der Waals surface area contributed by atoms with Crippen LogP contribution in [0.1, 0.15) is 39.0 Å². The summed E-state index contributed by atoms with van der Waals surface area (Å²) in [5.74, 6) is 2.62. The molecule has 134 valence electrons. The molecule has 6 nitrogen and oxygen atoms in total. The first-order valence-electron chi connectivity index (χ1n) is 9.56. The average Bonchev–Trinajstić information content (AvgIpc) is 3.40. The first-order valence-corrected chi connectivity index (χ1v) is 9.56. The molecule has 1 unspecified atom stereocenters. The molecule has 0 N–H and O–H groups in total. The molecule has 0 aromatic carbocycles. The van der Waals surface area contributed by atoms with Crippen molar-refractivity contribution < 1.29 is 4.74 Å².